The molecule has 29 heavy (non-hydrogen) atoms. The smallest absolute Gasteiger partial charge is 0.232 e. The molecule has 1 aromatic heterocycles. The van der Waals surface area contributed by atoms with Crippen LogP contribution >= 0.6 is 0 Å². The van der Waals surface area contributed by atoms with Crippen molar-refractivity contribution in [3.05, 3.63) is 47.0 Å². The van der Waals surface area contributed by atoms with Gasteiger partial charge in [0.1, 0.15) is 11.6 Å². The number of piperidine rings is 1. The van der Waals surface area contributed by atoms with E-state index in [1.165, 1.54) is 18.4 Å². The fraction of sp³-hybridized carbons (Fsp3) is 0.609. The largest absolute Gasteiger partial charge is 0.340 e. The van der Waals surface area contributed by atoms with Gasteiger partial charge in [0.15, 0.2) is 0 Å². The third-order valence-electron chi connectivity index (χ3n) is 6.72. The Morgan fingerprint density at radius 1 is 1.03 bits per heavy atom. The SMILES string of the molecule is Cc1ccc(C(C)(C)C(=O)N2CCc3nnc(C4CCCCN4C)n3CC2)cc1. The van der Waals surface area contributed by atoms with Gasteiger partial charge in [-0.1, -0.05) is 36.2 Å². The number of hydrogen-bond acceptors (Lipinski definition) is 4. The summed E-state index contributed by atoms with van der Waals surface area (Å²) in [6.45, 7) is 9.44. The van der Waals surface area contributed by atoms with Crippen LogP contribution in [0.4, 0.5) is 0 Å². The Hall–Kier alpha value is -2.21. The van der Waals surface area contributed by atoms with E-state index in [9.17, 15) is 4.79 Å². The van der Waals surface area contributed by atoms with Crippen LogP contribution in [0.5, 0.6) is 0 Å². The fourth-order valence-electron chi connectivity index (χ4n) is 4.69. The third kappa shape index (κ3) is 3.82. The summed E-state index contributed by atoms with van der Waals surface area (Å²) in [5.41, 5.74) is 1.75. The second kappa shape index (κ2) is 7.90. The number of fused-ring (bicyclic) bond motifs is 1. The Labute approximate surface area is 173 Å². The third-order valence-corrected chi connectivity index (χ3v) is 6.72. The molecule has 2 aliphatic rings. The number of carbonyl (C=O) groups excluding carboxylic acids is 1. The molecule has 1 atom stereocenters. The van der Waals surface area contributed by atoms with Gasteiger partial charge in [0.2, 0.25) is 5.91 Å². The van der Waals surface area contributed by atoms with E-state index < -0.39 is 5.41 Å². The average molecular weight is 396 g/mol. The molecule has 1 fully saturated rings. The average Bonchev–Trinajstić information content (AvgIpc) is 2.99. The maximum atomic E-state index is 13.4. The van der Waals surface area contributed by atoms with Crippen molar-refractivity contribution in [1.29, 1.82) is 0 Å². The van der Waals surface area contributed by atoms with Crippen molar-refractivity contribution in [3.63, 3.8) is 0 Å². The highest BCUT2D eigenvalue weighted by molar-refractivity contribution is 5.87. The monoisotopic (exact) mass is 395 g/mol. The number of amides is 1. The highest BCUT2D eigenvalue weighted by atomic mass is 16.2. The van der Waals surface area contributed by atoms with Gasteiger partial charge in [0.25, 0.3) is 0 Å². The van der Waals surface area contributed by atoms with Gasteiger partial charge in [0, 0.05) is 26.1 Å². The lowest BCUT2D eigenvalue weighted by atomic mass is 9.82. The van der Waals surface area contributed by atoms with Crippen molar-refractivity contribution in [2.75, 3.05) is 26.7 Å². The van der Waals surface area contributed by atoms with Crippen LogP contribution in [0.15, 0.2) is 24.3 Å². The molecule has 6 nitrogen and oxygen atoms in total. The lowest BCUT2D eigenvalue weighted by Gasteiger charge is -2.32. The molecule has 1 aromatic carbocycles. The number of rotatable bonds is 3. The maximum absolute atomic E-state index is 13.4. The molecule has 2 aromatic rings. The zero-order valence-corrected chi connectivity index (χ0v) is 18.2. The van der Waals surface area contributed by atoms with Crippen LogP contribution in [0, 0.1) is 6.92 Å². The van der Waals surface area contributed by atoms with Crippen LogP contribution in [0.2, 0.25) is 0 Å². The fourth-order valence-corrected chi connectivity index (χ4v) is 4.69. The molecule has 0 spiro atoms. The quantitative estimate of drug-likeness (QED) is 0.801. The van der Waals surface area contributed by atoms with Gasteiger partial charge in [-0.15, -0.1) is 10.2 Å². The van der Waals surface area contributed by atoms with Crippen molar-refractivity contribution in [2.45, 2.75) is 64.5 Å². The van der Waals surface area contributed by atoms with Gasteiger partial charge in [-0.3, -0.25) is 9.69 Å². The Morgan fingerprint density at radius 3 is 2.52 bits per heavy atom. The van der Waals surface area contributed by atoms with Crippen LogP contribution in [0.3, 0.4) is 0 Å². The summed E-state index contributed by atoms with van der Waals surface area (Å²) in [7, 11) is 2.18. The van der Waals surface area contributed by atoms with Gasteiger partial charge < -0.3 is 9.47 Å². The molecule has 2 aliphatic heterocycles. The van der Waals surface area contributed by atoms with E-state index in [1.54, 1.807) is 0 Å². The number of likely N-dealkylation sites (tertiary alicyclic amines) is 1. The molecule has 0 bridgehead atoms. The second-order valence-corrected chi connectivity index (χ2v) is 9.15. The van der Waals surface area contributed by atoms with Crippen molar-refractivity contribution >= 4 is 5.91 Å². The zero-order valence-electron chi connectivity index (χ0n) is 18.2. The first-order valence-electron chi connectivity index (χ1n) is 10.9. The maximum Gasteiger partial charge on any atom is 0.232 e. The second-order valence-electron chi connectivity index (χ2n) is 9.15. The molecule has 0 N–H and O–H groups in total. The molecule has 156 valence electrons. The van der Waals surface area contributed by atoms with Crippen molar-refractivity contribution < 1.29 is 4.79 Å². The molecule has 0 aliphatic carbocycles. The normalized spacial score (nSPS) is 21.0. The van der Waals surface area contributed by atoms with Gasteiger partial charge in [-0.25, -0.2) is 0 Å². The molecule has 1 unspecified atom stereocenters. The van der Waals surface area contributed by atoms with E-state index in [0.29, 0.717) is 19.1 Å². The molecule has 0 radical (unpaired) electrons. The van der Waals surface area contributed by atoms with Crippen LogP contribution < -0.4 is 0 Å². The highest BCUT2D eigenvalue weighted by Gasteiger charge is 2.35. The number of carbonyl (C=O) groups is 1. The minimum absolute atomic E-state index is 0.191. The van der Waals surface area contributed by atoms with Crippen molar-refractivity contribution in [3.8, 4) is 0 Å². The van der Waals surface area contributed by atoms with Gasteiger partial charge in [-0.05, 0) is 52.8 Å². The first-order valence-corrected chi connectivity index (χ1v) is 10.9. The molecular weight excluding hydrogens is 362 g/mol. The lowest BCUT2D eigenvalue weighted by Crippen LogP contribution is -2.44. The molecule has 0 saturated carbocycles. The minimum Gasteiger partial charge on any atom is -0.340 e. The molecular formula is C23H33N5O. The summed E-state index contributed by atoms with van der Waals surface area (Å²) in [4.78, 5) is 17.9. The number of nitrogens with zero attached hydrogens (tertiary/aromatic N) is 5. The van der Waals surface area contributed by atoms with Crippen LogP contribution in [0.25, 0.3) is 0 Å². The van der Waals surface area contributed by atoms with Gasteiger partial charge in [-0.2, -0.15) is 0 Å². The lowest BCUT2D eigenvalue weighted by molar-refractivity contribution is -0.136. The number of hydrogen-bond donors (Lipinski definition) is 0. The molecule has 4 rings (SSSR count). The Kier molecular flexibility index (Phi) is 5.47. The summed E-state index contributed by atoms with van der Waals surface area (Å²) in [6.07, 6.45) is 4.40. The highest BCUT2D eigenvalue weighted by Crippen LogP contribution is 2.30. The zero-order chi connectivity index (χ0) is 20.6. The molecule has 1 amide bonds. The van der Waals surface area contributed by atoms with Gasteiger partial charge >= 0.3 is 0 Å². The van der Waals surface area contributed by atoms with Crippen molar-refractivity contribution in [1.82, 2.24) is 24.6 Å². The number of benzene rings is 1. The van der Waals surface area contributed by atoms with E-state index in [1.807, 2.05) is 18.7 Å². The minimum atomic E-state index is -0.537. The van der Waals surface area contributed by atoms with E-state index in [0.717, 1.165) is 43.1 Å². The topological polar surface area (TPSA) is 54.3 Å². The molecule has 3 heterocycles. The van der Waals surface area contributed by atoms with E-state index >= 15 is 0 Å². The predicted octanol–water partition coefficient (Wildman–Crippen LogP) is 3.11. The molecule has 1 saturated heterocycles. The summed E-state index contributed by atoms with van der Waals surface area (Å²) in [5.74, 6) is 2.29. The summed E-state index contributed by atoms with van der Waals surface area (Å²) in [6, 6.07) is 8.67. The van der Waals surface area contributed by atoms with Crippen LogP contribution in [-0.4, -0.2) is 57.2 Å². The molecule has 6 heteroatoms. The van der Waals surface area contributed by atoms with Crippen LogP contribution in [0.1, 0.15) is 61.9 Å². The van der Waals surface area contributed by atoms with E-state index in [4.69, 9.17) is 0 Å². The van der Waals surface area contributed by atoms with Crippen LogP contribution in [-0.2, 0) is 23.2 Å². The number of aryl methyl sites for hydroxylation is 1. The van der Waals surface area contributed by atoms with E-state index in [-0.39, 0.29) is 5.91 Å². The standard InChI is InChI=1S/C23H33N5O/c1-17-8-10-18(11-9-17)23(2,3)22(29)27-14-12-20-24-25-21(28(20)16-15-27)19-7-5-6-13-26(19)4/h8-11,19H,5-7,12-16H2,1-4H3. The predicted molar refractivity (Wildman–Crippen MR) is 114 cm³/mol. The number of aromatic nitrogens is 3. The van der Waals surface area contributed by atoms with Crippen molar-refractivity contribution in [2.24, 2.45) is 0 Å². The Morgan fingerprint density at radius 2 is 1.79 bits per heavy atom. The Balaban J connectivity index is 1.51. The first kappa shape index (κ1) is 20.1. The van der Waals surface area contributed by atoms with E-state index in [2.05, 4.69) is 57.9 Å². The summed E-state index contributed by atoms with van der Waals surface area (Å²) >= 11 is 0. The Bertz CT molecular complexity index is 870. The first-order chi connectivity index (χ1) is 13.9. The van der Waals surface area contributed by atoms with Gasteiger partial charge in [0.05, 0.1) is 11.5 Å². The summed E-state index contributed by atoms with van der Waals surface area (Å²) < 4.78 is 2.28. The summed E-state index contributed by atoms with van der Waals surface area (Å²) in [5, 5.41) is 9.05.